The number of rotatable bonds is 8. The molecule has 4 nitrogen and oxygen atoms in total. The lowest BCUT2D eigenvalue weighted by Crippen LogP contribution is -2.19. The summed E-state index contributed by atoms with van der Waals surface area (Å²) in [5.41, 5.74) is 2.17. The van der Waals surface area contributed by atoms with Gasteiger partial charge in [-0.15, -0.1) is 0 Å². The van der Waals surface area contributed by atoms with Crippen LogP contribution < -0.4 is 4.74 Å². The molecule has 0 spiro atoms. The third kappa shape index (κ3) is 4.59. The van der Waals surface area contributed by atoms with E-state index in [1.54, 1.807) is 0 Å². The standard InChI is InChI=1S/C21H25NO3/c1-3-24-20(23)21(13-14-21)12-4-5-17-8-11-19(22-15-17)25-18-9-6-16(2)7-10-18/h6-11,15H,3-5,12-14H2,1-2H3. The summed E-state index contributed by atoms with van der Waals surface area (Å²) in [7, 11) is 0. The first-order chi connectivity index (χ1) is 12.1. The zero-order chi connectivity index (χ0) is 17.7. The molecule has 1 aromatic carbocycles. The monoisotopic (exact) mass is 339 g/mol. The third-order valence-electron chi connectivity index (χ3n) is 4.72. The van der Waals surface area contributed by atoms with Gasteiger partial charge in [-0.1, -0.05) is 23.8 Å². The van der Waals surface area contributed by atoms with Crippen molar-refractivity contribution < 1.29 is 14.3 Å². The molecule has 1 heterocycles. The predicted molar refractivity (Wildman–Crippen MR) is 96.7 cm³/mol. The molecular formula is C21H25NO3. The van der Waals surface area contributed by atoms with Gasteiger partial charge in [0.2, 0.25) is 5.88 Å². The Bertz CT molecular complexity index is 703. The lowest BCUT2D eigenvalue weighted by atomic mass is 9.97. The minimum absolute atomic E-state index is 0.0185. The average molecular weight is 339 g/mol. The Labute approximate surface area is 149 Å². The van der Waals surface area contributed by atoms with Crippen LogP contribution in [0.4, 0.5) is 0 Å². The fraction of sp³-hybridized carbons (Fsp3) is 0.429. The van der Waals surface area contributed by atoms with Gasteiger partial charge in [-0.2, -0.15) is 0 Å². The van der Waals surface area contributed by atoms with E-state index in [1.807, 2.05) is 56.4 Å². The Morgan fingerprint density at radius 1 is 1.16 bits per heavy atom. The highest BCUT2D eigenvalue weighted by Gasteiger charge is 2.50. The predicted octanol–water partition coefficient (Wildman–Crippen LogP) is 4.85. The number of nitrogens with zero attached hydrogens (tertiary/aromatic N) is 1. The minimum Gasteiger partial charge on any atom is -0.466 e. The maximum absolute atomic E-state index is 12.0. The van der Waals surface area contributed by atoms with Crippen molar-refractivity contribution in [3.8, 4) is 11.6 Å². The highest BCUT2D eigenvalue weighted by Crippen LogP contribution is 2.50. The first-order valence-electron chi connectivity index (χ1n) is 8.98. The summed E-state index contributed by atoms with van der Waals surface area (Å²) in [6.07, 6.45) is 6.57. The van der Waals surface area contributed by atoms with Crippen LogP contribution in [0.2, 0.25) is 0 Å². The van der Waals surface area contributed by atoms with Crippen molar-refractivity contribution in [1.29, 1.82) is 0 Å². The van der Waals surface area contributed by atoms with Crippen LogP contribution in [0.25, 0.3) is 0 Å². The zero-order valence-corrected chi connectivity index (χ0v) is 15.0. The van der Waals surface area contributed by atoms with Crippen LogP contribution in [0.5, 0.6) is 11.6 Å². The minimum atomic E-state index is -0.196. The summed E-state index contributed by atoms with van der Waals surface area (Å²) in [5.74, 6) is 1.36. The van der Waals surface area contributed by atoms with E-state index in [-0.39, 0.29) is 11.4 Å². The van der Waals surface area contributed by atoms with Gasteiger partial charge in [-0.05, 0) is 63.6 Å². The topological polar surface area (TPSA) is 48.4 Å². The molecule has 4 heteroatoms. The van der Waals surface area contributed by atoms with E-state index in [4.69, 9.17) is 9.47 Å². The summed E-state index contributed by atoms with van der Waals surface area (Å²) in [4.78, 5) is 16.3. The highest BCUT2D eigenvalue weighted by atomic mass is 16.5. The number of carbonyl (C=O) groups excluding carboxylic acids is 1. The molecule has 0 aliphatic heterocycles. The fourth-order valence-electron chi connectivity index (χ4n) is 2.97. The molecule has 0 amide bonds. The Morgan fingerprint density at radius 3 is 2.52 bits per heavy atom. The molecule has 132 valence electrons. The van der Waals surface area contributed by atoms with Crippen LogP contribution in [0.1, 0.15) is 43.7 Å². The highest BCUT2D eigenvalue weighted by molar-refractivity contribution is 5.79. The molecule has 0 N–H and O–H groups in total. The molecule has 1 fully saturated rings. The van der Waals surface area contributed by atoms with E-state index in [1.165, 1.54) is 5.56 Å². The molecule has 1 aromatic heterocycles. The largest absolute Gasteiger partial charge is 0.466 e. The van der Waals surface area contributed by atoms with Crippen LogP contribution in [0, 0.1) is 12.3 Å². The van der Waals surface area contributed by atoms with Crippen LogP contribution in [0.3, 0.4) is 0 Å². The van der Waals surface area contributed by atoms with Gasteiger partial charge in [0.25, 0.3) is 0 Å². The van der Waals surface area contributed by atoms with Crippen molar-refractivity contribution >= 4 is 5.97 Å². The average Bonchev–Trinajstić information content (AvgIpc) is 3.40. The second-order valence-electron chi connectivity index (χ2n) is 6.77. The second-order valence-corrected chi connectivity index (χ2v) is 6.77. The number of benzene rings is 1. The number of pyridine rings is 1. The van der Waals surface area contributed by atoms with Gasteiger partial charge in [-0.25, -0.2) is 4.98 Å². The summed E-state index contributed by atoms with van der Waals surface area (Å²) < 4.78 is 10.9. The van der Waals surface area contributed by atoms with Crippen molar-refractivity contribution in [2.75, 3.05) is 6.61 Å². The molecule has 3 rings (SSSR count). The van der Waals surface area contributed by atoms with Crippen LogP contribution in [-0.4, -0.2) is 17.6 Å². The van der Waals surface area contributed by atoms with Crippen molar-refractivity contribution in [3.63, 3.8) is 0 Å². The third-order valence-corrected chi connectivity index (χ3v) is 4.72. The van der Waals surface area contributed by atoms with E-state index in [9.17, 15) is 4.79 Å². The molecule has 0 bridgehead atoms. The summed E-state index contributed by atoms with van der Waals surface area (Å²) >= 11 is 0. The summed E-state index contributed by atoms with van der Waals surface area (Å²) in [5, 5.41) is 0. The molecule has 1 saturated carbocycles. The number of hydrogen-bond donors (Lipinski definition) is 0. The van der Waals surface area contributed by atoms with E-state index in [0.717, 1.165) is 43.4 Å². The Morgan fingerprint density at radius 2 is 1.92 bits per heavy atom. The number of ether oxygens (including phenoxy) is 2. The quantitative estimate of drug-likeness (QED) is 0.645. The van der Waals surface area contributed by atoms with Crippen molar-refractivity contribution in [2.24, 2.45) is 5.41 Å². The fourth-order valence-corrected chi connectivity index (χ4v) is 2.97. The maximum Gasteiger partial charge on any atom is 0.312 e. The molecule has 0 saturated heterocycles. The lowest BCUT2D eigenvalue weighted by molar-refractivity contribution is -0.150. The first-order valence-corrected chi connectivity index (χ1v) is 8.98. The first kappa shape index (κ1) is 17.5. The van der Waals surface area contributed by atoms with Gasteiger partial charge < -0.3 is 9.47 Å². The van der Waals surface area contributed by atoms with Crippen molar-refractivity contribution in [3.05, 3.63) is 53.7 Å². The van der Waals surface area contributed by atoms with Crippen LogP contribution in [0.15, 0.2) is 42.6 Å². The maximum atomic E-state index is 12.0. The molecular weight excluding hydrogens is 314 g/mol. The van der Waals surface area contributed by atoms with Crippen LogP contribution >= 0.6 is 0 Å². The number of aromatic nitrogens is 1. The van der Waals surface area contributed by atoms with Gasteiger partial charge in [0.05, 0.1) is 12.0 Å². The summed E-state index contributed by atoms with van der Waals surface area (Å²) in [6, 6.07) is 11.8. The van der Waals surface area contributed by atoms with Gasteiger partial charge in [0.15, 0.2) is 0 Å². The zero-order valence-electron chi connectivity index (χ0n) is 15.0. The lowest BCUT2D eigenvalue weighted by Gasteiger charge is -2.13. The van der Waals surface area contributed by atoms with E-state index < -0.39 is 0 Å². The number of hydrogen-bond acceptors (Lipinski definition) is 4. The molecule has 25 heavy (non-hydrogen) atoms. The van der Waals surface area contributed by atoms with Gasteiger partial charge >= 0.3 is 5.97 Å². The van der Waals surface area contributed by atoms with Gasteiger partial charge in [-0.3, -0.25) is 4.79 Å². The normalized spacial score (nSPS) is 14.8. The molecule has 2 aromatic rings. The second kappa shape index (κ2) is 7.68. The van der Waals surface area contributed by atoms with E-state index >= 15 is 0 Å². The Hall–Kier alpha value is -2.36. The summed E-state index contributed by atoms with van der Waals surface area (Å²) in [6.45, 7) is 4.37. The van der Waals surface area contributed by atoms with E-state index in [2.05, 4.69) is 4.98 Å². The molecule has 0 radical (unpaired) electrons. The Balaban J connectivity index is 1.48. The SMILES string of the molecule is CCOC(=O)C1(CCCc2ccc(Oc3ccc(C)cc3)nc2)CC1. The number of aryl methyl sites for hydroxylation is 2. The van der Waals surface area contributed by atoms with Crippen molar-refractivity contribution in [1.82, 2.24) is 4.98 Å². The van der Waals surface area contributed by atoms with Gasteiger partial charge in [0.1, 0.15) is 5.75 Å². The van der Waals surface area contributed by atoms with Crippen molar-refractivity contribution in [2.45, 2.75) is 46.0 Å². The number of carbonyl (C=O) groups is 1. The molecule has 1 aliphatic carbocycles. The van der Waals surface area contributed by atoms with E-state index in [0.29, 0.717) is 12.5 Å². The number of esters is 1. The Kier molecular flexibility index (Phi) is 5.37. The van der Waals surface area contributed by atoms with Crippen LogP contribution in [-0.2, 0) is 16.0 Å². The smallest absolute Gasteiger partial charge is 0.312 e. The molecule has 0 atom stereocenters. The molecule has 0 unspecified atom stereocenters. The molecule has 1 aliphatic rings. The van der Waals surface area contributed by atoms with Gasteiger partial charge in [0, 0.05) is 12.3 Å².